The number of rotatable bonds is 8. The van der Waals surface area contributed by atoms with Gasteiger partial charge in [0.1, 0.15) is 0 Å². The first kappa shape index (κ1) is 18.4. The first-order valence-electron chi connectivity index (χ1n) is 8.41. The summed E-state index contributed by atoms with van der Waals surface area (Å²) in [5.74, 6) is 1.14. The summed E-state index contributed by atoms with van der Waals surface area (Å²) in [6.07, 6.45) is 1.67. The number of hydrogen-bond acceptors (Lipinski definition) is 2. The van der Waals surface area contributed by atoms with Gasteiger partial charge in [0.15, 0.2) is 0 Å². The van der Waals surface area contributed by atoms with Crippen molar-refractivity contribution in [1.82, 2.24) is 0 Å². The fraction of sp³-hybridized carbons (Fsp3) is 0.350. The van der Waals surface area contributed by atoms with Gasteiger partial charge in [-0.1, -0.05) is 56.3 Å². The van der Waals surface area contributed by atoms with Gasteiger partial charge in [0.2, 0.25) is 5.91 Å². The molecule has 1 N–H and O–H groups in total. The van der Waals surface area contributed by atoms with Gasteiger partial charge in [0, 0.05) is 33.9 Å². The predicted molar refractivity (Wildman–Crippen MR) is 101 cm³/mol. The second-order valence-electron chi connectivity index (χ2n) is 5.92. The van der Waals surface area contributed by atoms with Crippen LogP contribution >= 0.6 is 0 Å². The van der Waals surface area contributed by atoms with Crippen molar-refractivity contribution in [1.29, 1.82) is 0 Å². The highest BCUT2D eigenvalue weighted by Crippen LogP contribution is 2.17. The molecule has 0 saturated carbocycles. The van der Waals surface area contributed by atoms with Crippen molar-refractivity contribution in [3.8, 4) is 0 Å². The fourth-order valence-corrected chi connectivity index (χ4v) is 3.86. The lowest BCUT2D eigenvalue weighted by Gasteiger charge is -2.13. The molecule has 0 aliphatic heterocycles. The zero-order valence-corrected chi connectivity index (χ0v) is 15.1. The standard InChI is InChI=1S/C20H25NO2S/c1-3-18(4-2)20(22)21-19-12-8-11-17(13-19)15-24(23)14-16-9-6-5-7-10-16/h5-13,18H,3-4,14-15H2,1-2H3,(H,21,22)/t24-/m1/s1. The van der Waals surface area contributed by atoms with Crippen molar-refractivity contribution in [2.45, 2.75) is 38.2 Å². The topological polar surface area (TPSA) is 46.2 Å². The van der Waals surface area contributed by atoms with Crippen molar-refractivity contribution >= 4 is 22.4 Å². The summed E-state index contributed by atoms with van der Waals surface area (Å²) in [6.45, 7) is 4.05. The Morgan fingerprint density at radius 3 is 2.25 bits per heavy atom. The van der Waals surface area contributed by atoms with Crippen molar-refractivity contribution < 1.29 is 9.00 Å². The highest BCUT2D eigenvalue weighted by molar-refractivity contribution is 7.83. The summed E-state index contributed by atoms with van der Waals surface area (Å²) in [5.41, 5.74) is 2.83. The quantitative estimate of drug-likeness (QED) is 0.766. The molecule has 0 spiro atoms. The fourth-order valence-electron chi connectivity index (χ4n) is 2.64. The first-order valence-corrected chi connectivity index (χ1v) is 9.89. The van der Waals surface area contributed by atoms with Gasteiger partial charge in [-0.05, 0) is 36.1 Å². The van der Waals surface area contributed by atoms with Crippen molar-refractivity contribution in [2.24, 2.45) is 5.92 Å². The second kappa shape index (κ2) is 9.38. The van der Waals surface area contributed by atoms with Gasteiger partial charge in [-0.3, -0.25) is 9.00 Å². The van der Waals surface area contributed by atoms with E-state index in [1.807, 2.05) is 68.4 Å². The SMILES string of the molecule is CCC(CC)C(=O)Nc1cccc(C[S@](=O)Cc2ccccc2)c1. The molecular weight excluding hydrogens is 318 g/mol. The van der Waals surface area contributed by atoms with Gasteiger partial charge in [-0.2, -0.15) is 0 Å². The molecule has 0 aliphatic carbocycles. The molecule has 2 rings (SSSR count). The predicted octanol–water partition coefficient (Wildman–Crippen LogP) is 4.51. The van der Waals surface area contributed by atoms with Gasteiger partial charge >= 0.3 is 0 Å². The lowest BCUT2D eigenvalue weighted by Crippen LogP contribution is -2.21. The Balaban J connectivity index is 1.97. The lowest BCUT2D eigenvalue weighted by molar-refractivity contribution is -0.120. The number of nitrogens with one attached hydrogen (secondary N) is 1. The molecular formula is C20H25NO2S. The highest BCUT2D eigenvalue weighted by atomic mass is 32.2. The van der Waals surface area contributed by atoms with Crippen molar-refractivity contribution in [3.63, 3.8) is 0 Å². The maximum absolute atomic E-state index is 12.3. The average molecular weight is 343 g/mol. The highest BCUT2D eigenvalue weighted by Gasteiger charge is 2.14. The molecule has 0 aromatic heterocycles. The summed E-state index contributed by atoms with van der Waals surface area (Å²) < 4.78 is 12.3. The van der Waals surface area contributed by atoms with Crippen LogP contribution in [-0.2, 0) is 27.1 Å². The van der Waals surface area contributed by atoms with E-state index in [9.17, 15) is 9.00 Å². The molecule has 3 nitrogen and oxygen atoms in total. The number of carbonyl (C=O) groups is 1. The van der Waals surface area contributed by atoms with Crippen LogP contribution in [0.2, 0.25) is 0 Å². The van der Waals surface area contributed by atoms with Gasteiger partial charge in [0.05, 0.1) is 0 Å². The number of hydrogen-bond donors (Lipinski definition) is 1. The van der Waals surface area contributed by atoms with Crippen LogP contribution in [0.1, 0.15) is 37.8 Å². The van der Waals surface area contributed by atoms with Crippen LogP contribution in [0.15, 0.2) is 54.6 Å². The van der Waals surface area contributed by atoms with Gasteiger partial charge in [0.25, 0.3) is 0 Å². The minimum atomic E-state index is -0.968. The Morgan fingerprint density at radius 2 is 1.58 bits per heavy atom. The molecule has 0 radical (unpaired) electrons. The van der Waals surface area contributed by atoms with Crippen LogP contribution < -0.4 is 5.32 Å². The average Bonchev–Trinajstić information content (AvgIpc) is 2.57. The summed E-state index contributed by atoms with van der Waals surface area (Å²) in [6, 6.07) is 17.5. The zero-order valence-electron chi connectivity index (χ0n) is 14.3. The molecule has 0 bridgehead atoms. The molecule has 0 saturated heterocycles. The van der Waals surface area contributed by atoms with Crippen molar-refractivity contribution in [2.75, 3.05) is 5.32 Å². The van der Waals surface area contributed by atoms with Gasteiger partial charge < -0.3 is 5.32 Å². The molecule has 4 heteroatoms. The van der Waals surface area contributed by atoms with E-state index >= 15 is 0 Å². The third kappa shape index (κ3) is 5.60. The molecule has 0 heterocycles. The van der Waals surface area contributed by atoms with E-state index in [1.54, 1.807) is 0 Å². The molecule has 24 heavy (non-hydrogen) atoms. The van der Waals surface area contributed by atoms with Crippen LogP contribution in [0.5, 0.6) is 0 Å². The molecule has 0 unspecified atom stereocenters. The summed E-state index contributed by atoms with van der Waals surface area (Å²) in [7, 11) is -0.968. The summed E-state index contributed by atoms with van der Waals surface area (Å²) in [5, 5.41) is 2.97. The largest absolute Gasteiger partial charge is 0.326 e. The number of benzene rings is 2. The van der Waals surface area contributed by atoms with E-state index in [4.69, 9.17) is 0 Å². The molecule has 128 valence electrons. The third-order valence-corrected chi connectivity index (χ3v) is 5.36. The smallest absolute Gasteiger partial charge is 0.227 e. The number of anilines is 1. The lowest BCUT2D eigenvalue weighted by atomic mass is 10.0. The minimum absolute atomic E-state index is 0.0425. The van der Waals surface area contributed by atoms with E-state index in [1.165, 1.54) is 0 Å². The monoisotopic (exact) mass is 343 g/mol. The molecule has 0 aliphatic rings. The molecule has 2 aromatic carbocycles. The zero-order chi connectivity index (χ0) is 17.4. The van der Waals surface area contributed by atoms with E-state index in [-0.39, 0.29) is 11.8 Å². The van der Waals surface area contributed by atoms with Crippen LogP contribution in [0.4, 0.5) is 5.69 Å². The van der Waals surface area contributed by atoms with Crippen molar-refractivity contribution in [3.05, 3.63) is 65.7 Å². The number of carbonyl (C=O) groups excluding carboxylic acids is 1. The van der Waals surface area contributed by atoms with Crippen LogP contribution in [0.3, 0.4) is 0 Å². The van der Waals surface area contributed by atoms with E-state index < -0.39 is 10.8 Å². The Bertz CT molecular complexity index is 681. The molecule has 0 fully saturated rings. The minimum Gasteiger partial charge on any atom is -0.326 e. The summed E-state index contributed by atoms with van der Waals surface area (Å²) in [4.78, 5) is 12.2. The third-order valence-electron chi connectivity index (χ3n) is 4.05. The van der Waals surface area contributed by atoms with E-state index in [2.05, 4.69) is 5.32 Å². The first-order chi connectivity index (χ1) is 11.6. The van der Waals surface area contributed by atoms with E-state index in [0.29, 0.717) is 11.5 Å². The van der Waals surface area contributed by atoms with Gasteiger partial charge in [-0.25, -0.2) is 0 Å². The Hall–Kier alpha value is -1.94. The second-order valence-corrected chi connectivity index (χ2v) is 7.37. The molecule has 2 aromatic rings. The molecule has 1 atom stereocenters. The Morgan fingerprint density at radius 1 is 0.958 bits per heavy atom. The summed E-state index contributed by atoms with van der Waals surface area (Å²) >= 11 is 0. The number of amides is 1. The maximum Gasteiger partial charge on any atom is 0.227 e. The molecule has 1 amide bonds. The normalized spacial score (nSPS) is 12.1. The Kier molecular flexibility index (Phi) is 7.19. The maximum atomic E-state index is 12.3. The Labute approximate surface area is 146 Å². The van der Waals surface area contributed by atoms with E-state index in [0.717, 1.165) is 29.7 Å². The van der Waals surface area contributed by atoms with Crippen LogP contribution in [0.25, 0.3) is 0 Å². The van der Waals surface area contributed by atoms with Crippen LogP contribution in [0, 0.1) is 5.92 Å². The van der Waals surface area contributed by atoms with Crippen LogP contribution in [-0.4, -0.2) is 10.1 Å². The van der Waals surface area contributed by atoms with Gasteiger partial charge in [-0.15, -0.1) is 0 Å².